The fraction of sp³-hybridized carbons (Fsp3) is 0.333. The molecule has 0 aromatic carbocycles. The van der Waals surface area contributed by atoms with Gasteiger partial charge in [-0.05, 0) is 22.9 Å². The van der Waals surface area contributed by atoms with Crippen LogP contribution >= 0.6 is 15.9 Å². The van der Waals surface area contributed by atoms with Crippen LogP contribution < -0.4 is 51.4 Å². The van der Waals surface area contributed by atoms with Crippen LogP contribution in [0.1, 0.15) is 6.92 Å². The molecule has 3 nitrogen and oxygen atoms in total. The molecule has 20 heavy (non-hydrogen) atoms. The van der Waals surface area contributed by atoms with Crippen LogP contribution in [-0.4, -0.2) is 30.0 Å². The predicted octanol–water partition coefficient (Wildman–Crippen LogP) is 1.17. The molecule has 0 saturated carbocycles. The second-order valence-electron chi connectivity index (χ2n) is 2.47. The maximum atomic E-state index is 11.0. The smallest absolute Gasteiger partial charge is 0.870 e. The van der Waals surface area contributed by atoms with E-state index in [-0.39, 0.29) is 63.5 Å². The van der Waals surface area contributed by atoms with E-state index in [0.29, 0.717) is 6.61 Å². The van der Waals surface area contributed by atoms with Crippen molar-refractivity contribution >= 4 is 15.9 Å². The molecule has 0 radical (unpaired) electrons. The molecule has 0 unspecified atom stereocenters. The zero-order chi connectivity index (χ0) is 15.0. The van der Waals surface area contributed by atoms with Crippen LogP contribution in [0.4, 0.5) is 13.2 Å². The molecule has 0 aliphatic carbocycles. The molecular weight excluding hydrogens is 368 g/mol. The molecule has 114 valence electrons. The average molecular weight is 387 g/mol. The number of hydrogen-bond acceptors (Lipinski definition) is 3. The summed E-state index contributed by atoms with van der Waals surface area (Å²) in [6.07, 6.45) is 2.34. The molecule has 0 fully saturated rings. The molecule has 0 spiro atoms. The monoisotopic (exact) mass is 386 g/mol. The first-order chi connectivity index (χ1) is 8.27. The van der Waals surface area contributed by atoms with Crippen molar-refractivity contribution < 1.29 is 79.9 Å². The van der Waals surface area contributed by atoms with Crippen molar-refractivity contribution in [1.29, 1.82) is 0 Å². The first kappa shape index (κ1) is 32.5. The topological polar surface area (TPSA) is 59.5 Å². The summed E-state index contributed by atoms with van der Waals surface area (Å²) in [6.45, 7) is 11.9. The number of allylic oxidation sites excluding steroid dienone is 2. The SMILES string of the molecule is C=C(Br)C(F)(F)F.C=CCO.C=CCOC=CC.[K+].[OH-]. The Kier molecular flexibility index (Phi) is 40.0. The van der Waals surface area contributed by atoms with Crippen LogP contribution in [0.15, 0.2) is 48.7 Å². The van der Waals surface area contributed by atoms with Crippen molar-refractivity contribution in [2.45, 2.75) is 13.1 Å². The first-order valence-electron chi connectivity index (χ1n) is 4.74. The third kappa shape index (κ3) is 42.8. The fourth-order valence-corrected chi connectivity index (χ4v) is 0.220. The van der Waals surface area contributed by atoms with Crippen molar-refractivity contribution in [3.63, 3.8) is 0 Å². The maximum Gasteiger partial charge on any atom is 1.00 e. The van der Waals surface area contributed by atoms with Gasteiger partial charge in [-0.15, -0.1) is 6.58 Å². The normalized spacial score (nSPS) is 8.50. The Labute approximate surface area is 169 Å². The van der Waals surface area contributed by atoms with Gasteiger partial charge in [-0.2, -0.15) is 13.2 Å². The van der Waals surface area contributed by atoms with Gasteiger partial charge in [-0.25, -0.2) is 0 Å². The molecule has 0 amide bonds. The second-order valence-corrected chi connectivity index (χ2v) is 3.42. The zero-order valence-electron chi connectivity index (χ0n) is 11.7. The molecule has 0 rings (SSSR count). The molecule has 2 N–H and O–H groups in total. The molecule has 0 aliphatic rings. The van der Waals surface area contributed by atoms with Crippen LogP contribution in [0, 0.1) is 0 Å². The third-order valence-corrected chi connectivity index (χ3v) is 1.33. The van der Waals surface area contributed by atoms with Gasteiger partial charge < -0.3 is 15.3 Å². The van der Waals surface area contributed by atoms with Gasteiger partial charge in [0.25, 0.3) is 0 Å². The second kappa shape index (κ2) is 24.6. The molecule has 0 saturated heterocycles. The van der Waals surface area contributed by atoms with E-state index >= 15 is 0 Å². The van der Waals surface area contributed by atoms with E-state index in [1.54, 1.807) is 12.3 Å². The van der Waals surface area contributed by atoms with Crippen LogP contribution in [-0.2, 0) is 4.74 Å². The molecule has 0 aliphatic heterocycles. The fourth-order valence-electron chi connectivity index (χ4n) is 0.220. The summed E-state index contributed by atoms with van der Waals surface area (Å²) in [5, 5.41) is 7.76. The van der Waals surface area contributed by atoms with Crippen LogP contribution in [0.3, 0.4) is 0 Å². The van der Waals surface area contributed by atoms with Crippen LogP contribution in [0.5, 0.6) is 0 Å². The van der Waals surface area contributed by atoms with Gasteiger partial charge in [0.1, 0.15) is 6.61 Å². The summed E-state index contributed by atoms with van der Waals surface area (Å²) in [6, 6.07) is 0. The van der Waals surface area contributed by atoms with E-state index in [4.69, 9.17) is 9.84 Å². The van der Waals surface area contributed by atoms with Gasteiger partial charge in [0.05, 0.1) is 17.4 Å². The van der Waals surface area contributed by atoms with Crippen LogP contribution in [0.25, 0.3) is 0 Å². The quantitative estimate of drug-likeness (QED) is 0.341. The Morgan fingerprint density at radius 1 is 1.30 bits per heavy atom. The number of rotatable bonds is 4. The van der Waals surface area contributed by atoms with E-state index < -0.39 is 10.7 Å². The Balaban J connectivity index is -0.0000000555. The Morgan fingerprint density at radius 2 is 1.65 bits per heavy atom. The van der Waals surface area contributed by atoms with Gasteiger partial charge in [0.15, 0.2) is 0 Å². The minimum absolute atomic E-state index is 0. The largest absolute Gasteiger partial charge is 1.00 e. The van der Waals surface area contributed by atoms with Gasteiger partial charge in [0.2, 0.25) is 0 Å². The molecule has 0 atom stereocenters. The molecule has 0 aromatic heterocycles. The number of ether oxygens (including phenoxy) is 1. The summed E-state index contributed by atoms with van der Waals surface area (Å²) in [4.78, 5) is 0. The van der Waals surface area contributed by atoms with Gasteiger partial charge in [0, 0.05) is 0 Å². The minimum atomic E-state index is -4.28. The van der Waals surface area contributed by atoms with Crippen molar-refractivity contribution in [2.75, 3.05) is 13.2 Å². The molecule has 8 heteroatoms. The van der Waals surface area contributed by atoms with E-state index in [2.05, 4.69) is 35.7 Å². The maximum absolute atomic E-state index is 11.0. The summed E-state index contributed by atoms with van der Waals surface area (Å²) < 4.78 is 37.0. The summed E-state index contributed by atoms with van der Waals surface area (Å²) in [5.41, 5.74) is 0. The average Bonchev–Trinajstić information content (AvgIpc) is 2.30. The van der Waals surface area contributed by atoms with Crippen LogP contribution in [0.2, 0.25) is 0 Å². The Bertz CT molecular complexity index is 257. The molecule has 0 aromatic rings. The summed E-state index contributed by atoms with van der Waals surface area (Å²) in [7, 11) is 0. The van der Waals surface area contributed by atoms with Crippen molar-refractivity contribution in [3.05, 3.63) is 48.7 Å². The van der Waals surface area contributed by atoms with Gasteiger partial charge >= 0.3 is 57.6 Å². The summed E-state index contributed by atoms with van der Waals surface area (Å²) in [5.74, 6) is 0. The predicted molar refractivity (Wildman–Crippen MR) is 74.3 cm³/mol. The van der Waals surface area contributed by atoms with Crippen molar-refractivity contribution in [1.82, 2.24) is 0 Å². The Hall–Kier alpha value is 0.586. The zero-order valence-corrected chi connectivity index (χ0v) is 16.4. The Morgan fingerprint density at radius 3 is 1.80 bits per heavy atom. The van der Waals surface area contributed by atoms with Crippen molar-refractivity contribution in [2.24, 2.45) is 0 Å². The van der Waals surface area contributed by atoms with E-state index in [1.165, 1.54) is 6.08 Å². The number of hydrogen-bond donors (Lipinski definition) is 1. The number of aliphatic hydroxyl groups excluding tert-OH is 1. The van der Waals surface area contributed by atoms with E-state index in [0.717, 1.165) is 0 Å². The summed E-state index contributed by atoms with van der Waals surface area (Å²) >= 11 is 2.18. The van der Waals surface area contributed by atoms with Crippen molar-refractivity contribution in [3.8, 4) is 0 Å². The number of halogens is 4. The molecule has 0 bridgehead atoms. The minimum Gasteiger partial charge on any atom is -0.870 e. The third-order valence-electron chi connectivity index (χ3n) is 0.883. The molecular formula is C12H19BrF3KO3. The molecule has 0 heterocycles. The number of alkyl halides is 3. The standard InChI is InChI=1S/C6H10O.C3H2BrF3.C3H6O.K.H2O/c1-3-5-7-6-4-2;1-2(4)3(5,6)7;1-2-3-4;;/h3-4,6H,1,5H2,2H3;1H2;2,4H,1,3H2;;1H2/q;;;+1;/p-1. The van der Waals surface area contributed by atoms with Gasteiger partial charge in [-0.3, -0.25) is 0 Å². The van der Waals surface area contributed by atoms with E-state index in [1.807, 2.05) is 13.0 Å². The van der Waals surface area contributed by atoms with Gasteiger partial charge in [-0.1, -0.05) is 31.4 Å². The number of aliphatic hydroxyl groups is 1. The van der Waals surface area contributed by atoms with E-state index in [9.17, 15) is 13.2 Å². The first-order valence-corrected chi connectivity index (χ1v) is 5.54.